The van der Waals surface area contributed by atoms with E-state index in [2.05, 4.69) is 12.2 Å². The Hall–Kier alpha value is -0.960. The fourth-order valence-electron chi connectivity index (χ4n) is 2.67. The van der Waals surface area contributed by atoms with Gasteiger partial charge in [-0.1, -0.05) is 52.4 Å². The molecule has 0 spiro atoms. The molecule has 0 bridgehead atoms. The molecule has 0 saturated heterocycles. The molecule has 0 aliphatic rings. The number of hydrogen-bond acceptors (Lipinski definition) is 1. The van der Waals surface area contributed by atoms with E-state index >= 15 is 0 Å². The lowest BCUT2D eigenvalue weighted by atomic mass is 9.97. The maximum absolute atomic E-state index is 14.1. The molecule has 1 nitrogen and oxygen atoms in total. The van der Waals surface area contributed by atoms with Crippen molar-refractivity contribution in [2.45, 2.75) is 71.8 Å². The zero-order valence-corrected chi connectivity index (χ0v) is 13.6. The molecule has 0 fully saturated rings. The summed E-state index contributed by atoms with van der Waals surface area (Å²) in [6.07, 6.45) is 8.11. The Kier molecular flexibility index (Phi) is 8.51. The normalized spacial score (nSPS) is 12.6. The molecule has 0 aromatic heterocycles. The van der Waals surface area contributed by atoms with Crippen LogP contribution in [0.2, 0.25) is 0 Å². The summed E-state index contributed by atoms with van der Waals surface area (Å²) < 4.78 is 27.8. The molecule has 0 radical (unpaired) electrons. The molecule has 1 unspecified atom stereocenters. The van der Waals surface area contributed by atoms with Gasteiger partial charge in [-0.15, -0.1) is 0 Å². The third-order valence-electron chi connectivity index (χ3n) is 3.95. The highest BCUT2D eigenvalue weighted by Crippen LogP contribution is 2.25. The van der Waals surface area contributed by atoms with E-state index in [4.69, 9.17) is 0 Å². The molecular weight excluding hydrogens is 268 g/mol. The van der Waals surface area contributed by atoms with Crippen molar-refractivity contribution in [3.05, 3.63) is 34.9 Å². The fraction of sp³-hybridized carbons (Fsp3) is 0.667. The first kappa shape index (κ1) is 18.1. The minimum Gasteiger partial charge on any atom is -0.310 e. The first-order valence-electron chi connectivity index (χ1n) is 8.29. The number of nitrogens with one attached hydrogen (secondary N) is 1. The minimum absolute atomic E-state index is 0.0868. The molecule has 120 valence electrons. The van der Waals surface area contributed by atoms with Crippen molar-refractivity contribution >= 4 is 0 Å². The third-order valence-corrected chi connectivity index (χ3v) is 3.95. The van der Waals surface area contributed by atoms with Crippen LogP contribution in [0.3, 0.4) is 0 Å². The third kappa shape index (κ3) is 6.13. The average molecular weight is 297 g/mol. The number of aryl methyl sites for hydroxylation is 1. The van der Waals surface area contributed by atoms with Crippen LogP contribution in [0.5, 0.6) is 0 Å². The topological polar surface area (TPSA) is 12.0 Å². The Labute approximate surface area is 128 Å². The molecule has 0 saturated carbocycles. The molecule has 21 heavy (non-hydrogen) atoms. The molecule has 3 heteroatoms. The van der Waals surface area contributed by atoms with Crippen molar-refractivity contribution in [1.29, 1.82) is 0 Å². The molecule has 0 aliphatic heterocycles. The number of rotatable bonds is 10. The monoisotopic (exact) mass is 297 g/mol. The van der Waals surface area contributed by atoms with Crippen molar-refractivity contribution in [3.8, 4) is 0 Å². The lowest BCUT2D eigenvalue weighted by Gasteiger charge is -2.19. The van der Waals surface area contributed by atoms with Gasteiger partial charge in [0.15, 0.2) is 0 Å². The van der Waals surface area contributed by atoms with E-state index in [-0.39, 0.29) is 17.7 Å². The van der Waals surface area contributed by atoms with Crippen LogP contribution in [0.15, 0.2) is 12.1 Å². The highest BCUT2D eigenvalue weighted by molar-refractivity contribution is 5.27. The smallest absolute Gasteiger partial charge is 0.128 e. The average Bonchev–Trinajstić information content (AvgIpc) is 2.45. The number of benzene rings is 1. The maximum Gasteiger partial charge on any atom is 0.128 e. The fourth-order valence-corrected chi connectivity index (χ4v) is 2.67. The van der Waals surface area contributed by atoms with Crippen molar-refractivity contribution in [2.24, 2.45) is 0 Å². The van der Waals surface area contributed by atoms with Crippen molar-refractivity contribution in [1.82, 2.24) is 5.32 Å². The summed E-state index contributed by atoms with van der Waals surface area (Å²) >= 11 is 0. The lowest BCUT2D eigenvalue weighted by molar-refractivity contribution is 0.453. The summed E-state index contributed by atoms with van der Waals surface area (Å²) in [6, 6.07) is 2.57. The van der Waals surface area contributed by atoms with Gasteiger partial charge in [0, 0.05) is 11.6 Å². The second-order valence-electron chi connectivity index (χ2n) is 5.79. The second kappa shape index (κ2) is 9.88. The highest BCUT2D eigenvalue weighted by Gasteiger charge is 2.16. The van der Waals surface area contributed by atoms with Gasteiger partial charge < -0.3 is 5.32 Å². The summed E-state index contributed by atoms with van der Waals surface area (Å²) in [5, 5.41) is 3.28. The standard InChI is InChI=1S/C18H29F2N/c1-4-6-7-8-9-10-11-18(21-5-2)15-13-16(19)14(3)12-17(15)20/h12-13,18,21H,4-11H2,1-3H3. The van der Waals surface area contributed by atoms with E-state index in [1.807, 2.05) is 6.92 Å². The number of hydrogen-bond donors (Lipinski definition) is 1. The van der Waals surface area contributed by atoms with E-state index < -0.39 is 0 Å². The van der Waals surface area contributed by atoms with Crippen molar-refractivity contribution in [3.63, 3.8) is 0 Å². The SMILES string of the molecule is CCCCCCCCC(NCC)c1cc(F)c(C)cc1F. The summed E-state index contributed by atoms with van der Waals surface area (Å²) in [5.41, 5.74) is 0.833. The lowest BCUT2D eigenvalue weighted by Crippen LogP contribution is -2.22. The van der Waals surface area contributed by atoms with Gasteiger partial charge in [0.2, 0.25) is 0 Å². The van der Waals surface area contributed by atoms with E-state index in [0.717, 1.165) is 25.8 Å². The van der Waals surface area contributed by atoms with Crippen LogP contribution in [0.25, 0.3) is 0 Å². The zero-order valence-electron chi connectivity index (χ0n) is 13.6. The molecule has 1 aromatic rings. The molecule has 0 heterocycles. The van der Waals surface area contributed by atoms with Crippen LogP contribution in [0.4, 0.5) is 8.78 Å². The first-order valence-corrected chi connectivity index (χ1v) is 8.29. The van der Waals surface area contributed by atoms with Gasteiger partial charge in [-0.2, -0.15) is 0 Å². The molecule has 0 amide bonds. The van der Waals surface area contributed by atoms with E-state index in [9.17, 15) is 8.78 Å². The van der Waals surface area contributed by atoms with Gasteiger partial charge in [0.1, 0.15) is 11.6 Å². The molecule has 1 rings (SSSR count). The summed E-state index contributed by atoms with van der Waals surface area (Å²) in [4.78, 5) is 0. The molecular formula is C18H29F2N. The Morgan fingerprint density at radius 2 is 1.62 bits per heavy atom. The summed E-state index contributed by atoms with van der Waals surface area (Å²) in [6.45, 7) is 6.56. The molecule has 1 N–H and O–H groups in total. The first-order chi connectivity index (χ1) is 10.1. The van der Waals surface area contributed by atoms with E-state index in [1.54, 1.807) is 6.92 Å². The summed E-state index contributed by atoms with van der Waals surface area (Å²) in [5.74, 6) is -0.622. The van der Waals surface area contributed by atoms with Gasteiger partial charge in [-0.25, -0.2) is 8.78 Å². The van der Waals surface area contributed by atoms with Crippen LogP contribution in [-0.2, 0) is 0 Å². The predicted molar refractivity (Wildman–Crippen MR) is 85.5 cm³/mol. The van der Waals surface area contributed by atoms with Gasteiger partial charge >= 0.3 is 0 Å². The second-order valence-corrected chi connectivity index (χ2v) is 5.79. The van der Waals surface area contributed by atoms with Gasteiger partial charge in [-0.05, 0) is 37.6 Å². The quantitative estimate of drug-likeness (QED) is 0.548. The summed E-state index contributed by atoms with van der Waals surface area (Å²) in [7, 11) is 0. The maximum atomic E-state index is 14.1. The predicted octanol–water partition coefficient (Wildman–Crippen LogP) is 5.67. The Balaban J connectivity index is 2.58. The molecule has 1 atom stereocenters. The van der Waals surface area contributed by atoms with Crippen molar-refractivity contribution < 1.29 is 8.78 Å². The minimum atomic E-state index is -0.322. The largest absolute Gasteiger partial charge is 0.310 e. The van der Waals surface area contributed by atoms with E-state index in [0.29, 0.717) is 11.1 Å². The van der Waals surface area contributed by atoms with Crippen LogP contribution >= 0.6 is 0 Å². The number of halogens is 2. The Morgan fingerprint density at radius 1 is 0.952 bits per heavy atom. The van der Waals surface area contributed by atoms with Crippen LogP contribution in [-0.4, -0.2) is 6.54 Å². The Morgan fingerprint density at radius 3 is 2.29 bits per heavy atom. The van der Waals surface area contributed by atoms with Crippen LogP contribution < -0.4 is 5.32 Å². The van der Waals surface area contributed by atoms with Crippen molar-refractivity contribution in [2.75, 3.05) is 6.54 Å². The molecule has 0 aliphatic carbocycles. The van der Waals surface area contributed by atoms with Crippen LogP contribution in [0.1, 0.15) is 76.0 Å². The van der Waals surface area contributed by atoms with Gasteiger partial charge in [0.05, 0.1) is 0 Å². The Bertz CT molecular complexity index is 418. The zero-order chi connectivity index (χ0) is 15.7. The number of unbranched alkanes of at least 4 members (excludes halogenated alkanes) is 5. The van der Waals surface area contributed by atoms with E-state index in [1.165, 1.54) is 37.8 Å². The van der Waals surface area contributed by atoms with Gasteiger partial charge in [0.25, 0.3) is 0 Å². The van der Waals surface area contributed by atoms with Crippen LogP contribution in [0, 0.1) is 18.6 Å². The molecule has 1 aromatic carbocycles. The highest BCUT2D eigenvalue weighted by atomic mass is 19.1. The van der Waals surface area contributed by atoms with Gasteiger partial charge in [-0.3, -0.25) is 0 Å².